The van der Waals surface area contributed by atoms with Gasteiger partial charge in [0.1, 0.15) is 0 Å². The minimum atomic E-state index is 0.149. The molecule has 78 valence electrons. The fraction of sp³-hybridized carbons (Fsp3) is 0.500. The van der Waals surface area contributed by atoms with Gasteiger partial charge in [-0.3, -0.25) is 0 Å². The molecule has 14 heavy (non-hydrogen) atoms. The zero-order chi connectivity index (χ0) is 10.7. The van der Waals surface area contributed by atoms with Crippen molar-refractivity contribution in [3.63, 3.8) is 0 Å². The van der Waals surface area contributed by atoms with Gasteiger partial charge in [-0.05, 0) is 64.6 Å². The lowest BCUT2D eigenvalue weighted by atomic mass is 9.95. The fourth-order valence-electron chi connectivity index (χ4n) is 1.63. The molecule has 0 atom stereocenters. The topological polar surface area (TPSA) is 20.2 Å². The van der Waals surface area contributed by atoms with Gasteiger partial charge in [0.2, 0.25) is 0 Å². The van der Waals surface area contributed by atoms with E-state index in [4.69, 9.17) is 0 Å². The molecule has 0 heterocycles. The second-order valence-corrected chi connectivity index (χ2v) is 5.23. The molecule has 0 saturated carbocycles. The Morgan fingerprint density at radius 2 is 2.00 bits per heavy atom. The first-order valence-corrected chi connectivity index (χ1v) is 6.01. The van der Waals surface area contributed by atoms with E-state index in [0.717, 1.165) is 15.6 Å². The van der Waals surface area contributed by atoms with E-state index in [2.05, 4.69) is 55.5 Å². The van der Waals surface area contributed by atoms with E-state index in [0.29, 0.717) is 5.92 Å². The molecule has 0 bridgehead atoms. The van der Waals surface area contributed by atoms with Crippen LogP contribution in [0, 0.1) is 16.4 Å². The summed E-state index contributed by atoms with van der Waals surface area (Å²) >= 11 is 2.28. The molecule has 0 spiro atoms. The predicted molar refractivity (Wildman–Crippen MR) is 68.4 cm³/mol. The summed E-state index contributed by atoms with van der Waals surface area (Å²) in [6, 6.07) is 4.27. The summed E-state index contributed by atoms with van der Waals surface area (Å²) in [5.41, 5.74) is 3.71. The van der Waals surface area contributed by atoms with Gasteiger partial charge >= 0.3 is 0 Å². The number of halogens is 1. The Bertz CT molecular complexity index is 318. The Kier molecular flexibility index (Phi) is 4.38. The Balaban J connectivity index is 3.08. The summed E-state index contributed by atoms with van der Waals surface area (Å²) in [6.45, 7) is 6.69. The summed E-state index contributed by atoms with van der Waals surface area (Å²) in [4.78, 5) is 0. The Morgan fingerprint density at radius 3 is 2.50 bits per heavy atom. The van der Waals surface area contributed by atoms with E-state index in [1.165, 1.54) is 11.1 Å². The molecule has 1 nitrogen and oxygen atoms in total. The zero-order valence-corrected chi connectivity index (χ0v) is 11.1. The van der Waals surface area contributed by atoms with Crippen LogP contribution in [0.15, 0.2) is 12.1 Å². The summed E-state index contributed by atoms with van der Waals surface area (Å²) < 4.78 is 1.16. The number of hydrogen-bond donors (Lipinski definition) is 1. The molecular weight excluding hydrogens is 287 g/mol. The van der Waals surface area contributed by atoms with Crippen molar-refractivity contribution in [3.8, 4) is 0 Å². The van der Waals surface area contributed by atoms with Gasteiger partial charge in [0.15, 0.2) is 0 Å². The Morgan fingerprint density at radius 1 is 1.36 bits per heavy atom. The van der Waals surface area contributed by atoms with Crippen LogP contribution >= 0.6 is 22.6 Å². The maximum atomic E-state index is 9.25. The molecule has 0 aromatic heterocycles. The third-order valence-corrected chi connectivity index (χ3v) is 3.45. The lowest BCUT2D eigenvalue weighted by molar-refractivity contribution is 0.280. The van der Waals surface area contributed by atoms with Crippen LogP contribution in [0.1, 0.15) is 30.5 Å². The molecule has 1 rings (SSSR count). The van der Waals surface area contributed by atoms with Crippen molar-refractivity contribution < 1.29 is 5.11 Å². The second-order valence-electron chi connectivity index (χ2n) is 4.07. The smallest absolute Gasteiger partial charge is 0.0694 e. The Hall–Kier alpha value is -0.0900. The Labute approximate surface area is 99.7 Å². The van der Waals surface area contributed by atoms with Crippen LogP contribution in [0.4, 0.5) is 0 Å². The largest absolute Gasteiger partial charge is 0.392 e. The molecule has 0 saturated heterocycles. The maximum absolute atomic E-state index is 9.25. The highest BCUT2D eigenvalue weighted by Gasteiger charge is 2.08. The average Bonchev–Trinajstić information content (AvgIpc) is 2.10. The monoisotopic (exact) mass is 304 g/mol. The van der Waals surface area contributed by atoms with Crippen molar-refractivity contribution in [2.24, 2.45) is 5.92 Å². The molecule has 1 aromatic rings. The van der Waals surface area contributed by atoms with E-state index in [1.807, 2.05) is 0 Å². The van der Waals surface area contributed by atoms with Crippen LogP contribution in [0.5, 0.6) is 0 Å². The van der Waals surface area contributed by atoms with Gasteiger partial charge in [-0.25, -0.2) is 0 Å². The van der Waals surface area contributed by atoms with Crippen molar-refractivity contribution in [3.05, 3.63) is 32.4 Å². The molecule has 0 aliphatic rings. The SMILES string of the molecule is Cc1c(CC(C)C)ccc(I)c1CO. The number of aliphatic hydroxyl groups excluding tert-OH is 1. The molecule has 2 heteroatoms. The van der Waals surface area contributed by atoms with E-state index >= 15 is 0 Å². The van der Waals surface area contributed by atoms with Gasteiger partial charge in [0, 0.05) is 3.57 Å². The summed E-state index contributed by atoms with van der Waals surface area (Å²) in [5.74, 6) is 0.667. The lowest BCUT2D eigenvalue weighted by Gasteiger charge is -2.13. The fourth-order valence-corrected chi connectivity index (χ4v) is 2.38. The van der Waals surface area contributed by atoms with Crippen LogP contribution in [-0.2, 0) is 13.0 Å². The molecule has 0 aliphatic heterocycles. The van der Waals surface area contributed by atoms with Gasteiger partial charge in [-0.1, -0.05) is 19.9 Å². The molecule has 0 unspecified atom stereocenters. The minimum Gasteiger partial charge on any atom is -0.392 e. The molecule has 0 fully saturated rings. The molecule has 0 radical (unpaired) electrons. The lowest BCUT2D eigenvalue weighted by Crippen LogP contribution is -2.02. The van der Waals surface area contributed by atoms with E-state index in [9.17, 15) is 5.11 Å². The number of aliphatic hydroxyl groups is 1. The van der Waals surface area contributed by atoms with Crippen molar-refractivity contribution >= 4 is 22.6 Å². The molecule has 0 amide bonds. The average molecular weight is 304 g/mol. The van der Waals surface area contributed by atoms with Crippen molar-refractivity contribution in [2.75, 3.05) is 0 Å². The van der Waals surface area contributed by atoms with Crippen LogP contribution in [0.2, 0.25) is 0 Å². The highest BCUT2D eigenvalue weighted by Crippen LogP contribution is 2.22. The van der Waals surface area contributed by atoms with E-state index in [1.54, 1.807) is 0 Å². The predicted octanol–water partition coefficient (Wildman–Crippen LogP) is 3.29. The van der Waals surface area contributed by atoms with Crippen molar-refractivity contribution in [2.45, 2.75) is 33.8 Å². The van der Waals surface area contributed by atoms with Crippen LogP contribution in [0.25, 0.3) is 0 Å². The highest BCUT2D eigenvalue weighted by molar-refractivity contribution is 14.1. The van der Waals surface area contributed by atoms with Gasteiger partial charge in [-0.2, -0.15) is 0 Å². The quantitative estimate of drug-likeness (QED) is 0.850. The van der Waals surface area contributed by atoms with Gasteiger partial charge in [0.05, 0.1) is 6.61 Å². The first kappa shape index (κ1) is 12.0. The summed E-state index contributed by atoms with van der Waals surface area (Å²) in [7, 11) is 0. The maximum Gasteiger partial charge on any atom is 0.0694 e. The van der Waals surface area contributed by atoms with Gasteiger partial charge in [0.25, 0.3) is 0 Å². The first-order chi connectivity index (χ1) is 6.56. The van der Waals surface area contributed by atoms with Crippen molar-refractivity contribution in [1.82, 2.24) is 0 Å². The summed E-state index contributed by atoms with van der Waals surface area (Å²) in [6.07, 6.45) is 1.09. The van der Waals surface area contributed by atoms with Gasteiger partial charge in [-0.15, -0.1) is 0 Å². The van der Waals surface area contributed by atoms with Crippen molar-refractivity contribution in [1.29, 1.82) is 0 Å². The normalized spacial score (nSPS) is 11.0. The third kappa shape index (κ3) is 2.70. The minimum absolute atomic E-state index is 0.149. The molecule has 1 N–H and O–H groups in total. The molecule has 1 aromatic carbocycles. The number of rotatable bonds is 3. The third-order valence-electron chi connectivity index (χ3n) is 2.44. The number of benzene rings is 1. The molecule has 0 aliphatic carbocycles. The highest BCUT2D eigenvalue weighted by atomic mass is 127. The van der Waals surface area contributed by atoms with Crippen LogP contribution < -0.4 is 0 Å². The standard InChI is InChI=1S/C12H17IO/c1-8(2)6-10-4-5-12(13)11(7-14)9(10)3/h4-5,8,14H,6-7H2,1-3H3. The molecular formula is C12H17IO. The van der Waals surface area contributed by atoms with Gasteiger partial charge < -0.3 is 5.11 Å². The van der Waals surface area contributed by atoms with E-state index < -0.39 is 0 Å². The van der Waals surface area contributed by atoms with Crippen LogP contribution in [0.3, 0.4) is 0 Å². The van der Waals surface area contributed by atoms with Crippen LogP contribution in [-0.4, -0.2) is 5.11 Å². The second kappa shape index (κ2) is 5.12. The zero-order valence-electron chi connectivity index (χ0n) is 8.97. The number of hydrogen-bond acceptors (Lipinski definition) is 1. The first-order valence-electron chi connectivity index (χ1n) is 4.94. The van der Waals surface area contributed by atoms with E-state index in [-0.39, 0.29) is 6.61 Å². The summed E-state index contributed by atoms with van der Waals surface area (Å²) in [5, 5.41) is 9.25.